The maximum Gasteiger partial charge on any atom is 0.255 e. The second kappa shape index (κ2) is 5.46. The molecule has 0 unspecified atom stereocenters. The Hall–Kier alpha value is -1.45. The van der Waals surface area contributed by atoms with Gasteiger partial charge in [-0.1, -0.05) is 17.7 Å². The fraction of sp³-hybridized carbons (Fsp3) is 0.0714. The van der Waals surface area contributed by atoms with Crippen LogP contribution in [0.2, 0.25) is 5.02 Å². The predicted octanol–water partition coefficient (Wildman–Crippen LogP) is 4.19. The van der Waals surface area contributed by atoms with Gasteiger partial charge in [0.25, 0.3) is 5.91 Å². The van der Waals surface area contributed by atoms with Gasteiger partial charge in [0.05, 0.1) is 10.7 Å². The molecule has 0 aliphatic carbocycles. The van der Waals surface area contributed by atoms with E-state index in [1.807, 2.05) is 19.1 Å². The number of carbonyl (C=O) groups is 1. The summed E-state index contributed by atoms with van der Waals surface area (Å²) in [5.41, 5.74) is 2.24. The number of benzene rings is 2. The van der Waals surface area contributed by atoms with E-state index in [4.69, 9.17) is 11.6 Å². The van der Waals surface area contributed by atoms with Crippen molar-refractivity contribution >= 4 is 35.8 Å². The number of halogens is 1. The number of nitrogens with one attached hydrogen (secondary N) is 1. The zero-order valence-corrected chi connectivity index (χ0v) is 11.4. The molecule has 18 heavy (non-hydrogen) atoms. The average molecular weight is 278 g/mol. The van der Waals surface area contributed by atoms with Crippen molar-refractivity contribution in [3.8, 4) is 0 Å². The quantitative estimate of drug-likeness (QED) is 0.792. The van der Waals surface area contributed by atoms with Gasteiger partial charge in [-0.25, -0.2) is 0 Å². The average Bonchev–Trinajstić information content (AvgIpc) is 2.34. The molecule has 2 aromatic rings. The summed E-state index contributed by atoms with van der Waals surface area (Å²) in [6.45, 7) is 1.95. The Balaban J connectivity index is 2.21. The molecule has 0 saturated heterocycles. The Morgan fingerprint density at radius 3 is 2.50 bits per heavy atom. The standard InChI is InChI=1S/C14H12ClNOS/c1-9-2-7-12(15)13(8-9)16-14(17)10-3-5-11(18)6-4-10/h2-8,18H,1H3,(H,16,17). The molecule has 0 saturated carbocycles. The Labute approximate surface area is 116 Å². The molecule has 0 atom stereocenters. The van der Waals surface area contributed by atoms with Crippen LogP contribution in [0.3, 0.4) is 0 Å². The van der Waals surface area contributed by atoms with E-state index in [0.717, 1.165) is 10.5 Å². The van der Waals surface area contributed by atoms with Crippen LogP contribution < -0.4 is 5.32 Å². The summed E-state index contributed by atoms with van der Waals surface area (Å²) in [5, 5.41) is 3.32. The van der Waals surface area contributed by atoms with Crippen LogP contribution >= 0.6 is 24.2 Å². The highest BCUT2D eigenvalue weighted by Gasteiger charge is 2.08. The maximum absolute atomic E-state index is 12.0. The van der Waals surface area contributed by atoms with E-state index in [-0.39, 0.29) is 5.91 Å². The van der Waals surface area contributed by atoms with Crippen molar-refractivity contribution in [3.63, 3.8) is 0 Å². The molecule has 1 N–H and O–H groups in total. The first kappa shape index (κ1) is 13.0. The minimum Gasteiger partial charge on any atom is -0.321 e. The van der Waals surface area contributed by atoms with Crippen LogP contribution in [0.1, 0.15) is 15.9 Å². The highest BCUT2D eigenvalue weighted by Crippen LogP contribution is 2.23. The molecule has 0 spiro atoms. The van der Waals surface area contributed by atoms with Gasteiger partial charge in [-0.2, -0.15) is 0 Å². The van der Waals surface area contributed by atoms with Gasteiger partial charge in [0.15, 0.2) is 0 Å². The van der Waals surface area contributed by atoms with Gasteiger partial charge in [-0.15, -0.1) is 12.6 Å². The highest BCUT2D eigenvalue weighted by molar-refractivity contribution is 7.80. The molecule has 0 aliphatic rings. The normalized spacial score (nSPS) is 10.2. The SMILES string of the molecule is Cc1ccc(Cl)c(NC(=O)c2ccc(S)cc2)c1. The second-order valence-electron chi connectivity index (χ2n) is 3.98. The molecule has 1 amide bonds. The molecule has 0 bridgehead atoms. The Kier molecular flexibility index (Phi) is 3.94. The third kappa shape index (κ3) is 3.06. The lowest BCUT2D eigenvalue weighted by atomic mass is 10.2. The van der Waals surface area contributed by atoms with Crippen molar-refractivity contribution in [3.05, 3.63) is 58.6 Å². The first-order valence-electron chi connectivity index (χ1n) is 5.43. The third-order valence-corrected chi connectivity index (χ3v) is 3.13. The Bertz CT molecular complexity index is 581. The second-order valence-corrected chi connectivity index (χ2v) is 4.91. The van der Waals surface area contributed by atoms with Gasteiger partial charge in [0, 0.05) is 10.5 Å². The first-order valence-corrected chi connectivity index (χ1v) is 6.25. The van der Waals surface area contributed by atoms with E-state index >= 15 is 0 Å². The van der Waals surface area contributed by atoms with Crippen LogP contribution in [0.15, 0.2) is 47.4 Å². The minimum atomic E-state index is -0.184. The number of amides is 1. The fourth-order valence-electron chi connectivity index (χ4n) is 1.54. The van der Waals surface area contributed by atoms with Crippen LogP contribution in [-0.4, -0.2) is 5.91 Å². The Morgan fingerprint density at radius 1 is 1.17 bits per heavy atom. The molecule has 0 aliphatic heterocycles. The smallest absolute Gasteiger partial charge is 0.255 e. The fourth-order valence-corrected chi connectivity index (χ4v) is 1.86. The first-order chi connectivity index (χ1) is 8.56. The summed E-state index contributed by atoms with van der Waals surface area (Å²) >= 11 is 10.2. The molecular weight excluding hydrogens is 266 g/mol. The van der Waals surface area contributed by atoms with Crippen LogP contribution in [0.4, 0.5) is 5.69 Å². The number of rotatable bonds is 2. The van der Waals surface area contributed by atoms with Gasteiger partial charge >= 0.3 is 0 Å². The number of carbonyl (C=O) groups excluding carboxylic acids is 1. The maximum atomic E-state index is 12.0. The molecular formula is C14H12ClNOS. The number of anilines is 1. The van der Waals surface area contributed by atoms with Crippen LogP contribution in [-0.2, 0) is 0 Å². The van der Waals surface area contributed by atoms with E-state index in [1.54, 1.807) is 30.3 Å². The van der Waals surface area contributed by atoms with E-state index in [2.05, 4.69) is 17.9 Å². The molecule has 0 aromatic heterocycles. The van der Waals surface area contributed by atoms with E-state index in [9.17, 15) is 4.79 Å². The Morgan fingerprint density at radius 2 is 1.83 bits per heavy atom. The minimum absolute atomic E-state index is 0.184. The lowest BCUT2D eigenvalue weighted by Crippen LogP contribution is -2.12. The molecule has 0 fully saturated rings. The lowest BCUT2D eigenvalue weighted by molar-refractivity contribution is 0.102. The lowest BCUT2D eigenvalue weighted by Gasteiger charge is -2.08. The number of aryl methyl sites for hydroxylation is 1. The zero-order chi connectivity index (χ0) is 13.1. The molecule has 4 heteroatoms. The number of hydrogen-bond donors (Lipinski definition) is 2. The summed E-state index contributed by atoms with van der Waals surface area (Å²) in [7, 11) is 0. The van der Waals surface area contributed by atoms with Crippen molar-refractivity contribution in [1.29, 1.82) is 0 Å². The van der Waals surface area contributed by atoms with Crippen LogP contribution in [0.5, 0.6) is 0 Å². The van der Waals surface area contributed by atoms with Crippen molar-refractivity contribution in [2.24, 2.45) is 0 Å². The molecule has 2 rings (SSSR count). The van der Waals surface area contributed by atoms with Crippen LogP contribution in [0, 0.1) is 6.92 Å². The van der Waals surface area contributed by atoms with E-state index in [1.165, 1.54) is 0 Å². The predicted molar refractivity (Wildman–Crippen MR) is 77.8 cm³/mol. The summed E-state index contributed by atoms with van der Waals surface area (Å²) in [6.07, 6.45) is 0. The van der Waals surface area contributed by atoms with Gasteiger partial charge in [-0.05, 0) is 48.9 Å². The summed E-state index contributed by atoms with van der Waals surface area (Å²) < 4.78 is 0. The number of hydrogen-bond acceptors (Lipinski definition) is 2. The monoisotopic (exact) mass is 277 g/mol. The molecule has 2 nitrogen and oxygen atoms in total. The molecule has 0 heterocycles. The summed E-state index contributed by atoms with van der Waals surface area (Å²) in [5.74, 6) is -0.184. The van der Waals surface area contributed by atoms with Crippen molar-refractivity contribution in [2.75, 3.05) is 5.32 Å². The van der Waals surface area contributed by atoms with E-state index in [0.29, 0.717) is 16.3 Å². The van der Waals surface area contributed by atoms with Crippen molar-refractivity contribution in [1.82, 2.24) is 0 Å². The molecule has 92 valence electrons. The largest absolute Gasteiger partial charge is 0.321 e. The van der Waals surface area contributed by atoms with Gasteiger partial charge in [0.2, 0.25) is 0 Å². The van der Waals surface area contributed by atoms with E-state index < -0.39 is 0 Å². The third-order valence-electron chi connectivity index (χ3n) is 2.50. The number of thiol groups is 1. The van der Waals surface area contributed by atoms with Crippen molar-refractivity contribution in [2.45, 2.75) is 11.8 Å². The molecule has 0 radical (unpaired) electrons. The summed E-state index contributed by atoms with van der Waals surface area (Å²) in [4.78, 5) is 12.8. The van der Waals surface area contributed by atoms with Crippen molar-refractivity contribution < 1.29 is 4.79 Å². The zero-order valence-electron chi connectivity index (χ0n) is 9.77. The van der Waals surface area contributed by atoms with Gasteiger partial charge < -0.3 is 5.32 Å². The van der Waals surface area contributed by atoms with Gasteiger partial charge in [-0.3, -0.25) is 4.79 Å². The summed E-state index contributed by atoms with van der Waals surface area (Å²) in [6, 6.07) is 12.5. The van der Waals surface area contributed by atoms with Crippen LogP contribution in [0.25, 0.3) is 0 Å². The topological polar surface area (TPSA) is 29.1 Å². The van der Waals surface area contributed by atoms with Gasteiger partial charge in [0.1, 0.15) is 0 Å². The highest BCUT2D eigenvalue weighted by atomic mass is 35.5. The molecule has 2 aromatic carbocycles.